The maximum absolute atomic E-state index is 13.4. The van der Waals surface area contributed by atoms with Crippen molar-refractivity contribution in [2.45, 2.75) is 62.5 Å². The first kappa shape index (κ1) is 24.1. The molecule has 1 aliphatic rings. The van der Waals surface area contributed by atoms with Crippen LogP contribution in [0.3, 0.4) is 0 Å². The molecular weight excluding hydrogens is 450 g/mol. The standard InChI is InChI=1S/C27H32ClN3O3/c1-27(17-20-18-30-23-13-7-5-11-21(20)23,25(32)29-16-15-19-9-3-2-4-10-19)31-26(33)34-24-14-8-6-12-22(24)28/h2-5,7,9-11,13,18,22,24,30H,6,8,12,14-17H2,1H3,(H,29,32)(H,31,33)/t22-,24-,27+/m0/s1. The molecule has 3 aromatic rings. The van der Waals surface area contributed by atoms with Gasteiger partial charge in [0.15, 0.2) is 0 Å². The van der Waals surface area contributed by atoms with Gasteiger partial charge in [0.05, 0.1) is 5.38 Å². The normalized spacial score (nSPS) is 19.8. The fourth-order valence-corrected chi connectivity index (χ4v) is 4.91. The second-order valence-electron chi connectivity index (χ2n) is 9.23. The summed E-state index contributed by atoms with van der Waals surface area (Å²) in [6.45, 7) is 2.21. The van der Waals surface area contributed by atoms with Gasteiger partial charge in [-0.25, -0.2) is 4.79 Å². The predicted octanol–water partition coefficient (Wildman–Crippen LogP) is 5.10. The molecule has 3 N–H and O–H groups in total. The number of alkyl carbamates (subject to hydrolysis) is 1. The zero-order valence-electron chi connectivity index (χ0n) is 19.5. The molecule has 0 saturated heterocycles. The zero-order valence-corrected chi connectivity index (χ0v) is 20.2. The number of carbonyl (C=O) groups is 2. The molecule has 1 aliphatic carbocycles. The van der Waals surface area contributed by atoms with E-state index in [2.05, 4.69) is 15.6 Å². The monoisotopic (exact) mass is 481 g/mol. The molecule has 2 amide bonds. The molecule has 0 aliphatic heterocycles. The van der Waals surface area contributed by atoms with E-state index in [9.17, 15) is 9.59 Å². The Bertz CT molecular complexity index is 1120. The van der Waals surface area contributed by atoms with Gasteiger partial charge < -0.3 is 20.4 Å². The number of nitrogens with one attached hydrogen (secondary N) is 3. The molecule has 34 heavy (non-hydrogen) atoms. The number of para-hydroxylation sites is 1. The molecule has 3 atom stereocenters. The van der Waals surface area contributed by atoms with Crippen molar-refractivity contribution < 1.29 is 14.3 Å². The van der Waals surface area contributed by atoms with Gasteiger partial charge in [-0.15, -0.1) is 11.6 Å². The molecule has 1 heterocycles. The third-order valence-corrected chi connectivity index (χ3v) is 7.02. The summed E-state index contributed by atoms with van der Waals surface area (Å²) < 4.78 is 5.66. The molecule has 2 aromatic carbocycles. The molecular formula is C27H32ClN3O3. The topological polar surface area (TPSA) is 83.2 Å². The van der Waals surface area contributed by atoms with Gasteiger partial charge in [-0.3, -0.25) is 4.79 Å². The van der Waals surface area contributed by atoms with Crippen molar-refractivity contribution in [3.05, 3.63) is 71.9 Å². The van der Waals surface area contributed by atoms with Crippen LogP contribution in [-0.4, -0.2) is 40.5 Å². The average molecular weight is 482 g/mol. The number of carbonyl (C=O) groups excluding carboxylic acids is 2. The number of aromatic amines is 1. The highest BCUT2D eigenvalue weighted by Crippen LogP contribution is 2.27. The van der Waals surface area contributed by atoms with Crippen molar-refractivity contribution >= 4 is 34.5 Å². The van der Waals surface area contributed by atoms with Crippen molar-refractivity contribution in [3.8, 4) is 0 Å². The molecule has 0 spiro atoms. The number of hydrogen-bond donors (Lipinski definition) is 3. The first-order valence-electron chi connectivity index (χ1n) is 11.9. The van der Waals surface area contributed by atoms with Crippen molar-refractivity contribution in [1.29, 1.82) is 0 Å². The van der Waals surface area contributed by atoms with Crippen LogP contribution in [0.4, 0.5) is 4.79 Å². The lowest BCUT2D eigenvalue weighted by Crippen LogP contribution is -2.59. The maximum Gasteiger partial charge on any atom is 0.408 e. The van der Waals surface area contributed by atoms with E-state index in [0.29, 0.717) is 19.4 Å². The largest absolute Gasteiger partial charge is 0.445 e. The number of H-pyrrole nitrogens is 1. The minimum atomic E-state index is -1.20. The number of benzene rings is 2. The number of rotatable bonds is 8. The molecule has 1 fully saturated rings. The minimum absolute atomic E-state index is 0.195. The van der Waals surface area contributed by atoms with E-state index < -0.39 is 11.6 Å². The lowest BCUT2D eigenvalue weighted by Gasteiger charge is -2.32. The van der Waals surface area contributed by atoms with Crippen molar-refractivity contribution in [2.75, 3.05) is 6.54 Å². The van der Waals surface area contributed by atoms with Gasteiger partial charge in [-0.1, -0.05) is 55.0 Å². The Morgan fingerprint density at radius 1 is 1.09 bits per heavy atom. The van der Waals surface area contributed by atoms with Gasteiger partial charge in [0, 0.05) is 30.1 Å². The summed E-state index contributed by atoms with van der Waals surface area (Å²) in [7, 11) is 0. The molecule has 6 nitrogen and oxygen atoms in total. The molecule has 0 bridgehead atoms. The fourth-order valence-electron chi connectivity index (χ4n) is 4.58. The first-order chi connectivity index (χ1) is 16.4. The number of hydrogen-bond acceptors (Lipinski definition) is 3. The lowest BCUT2D eigenvalue weighted by atomic mass is 9.91. The summed E-state index contributed by atoms with van der Waals surface area (Å²) in [5, 5.41) is 6.70. The Balaban J connectivity index is 1.48. The van der Waals surface area contributed by atoms with E-state index in [4.69, 9.17) is 16.3 Å². The van der Waals surface area contributed by atoms with E-state index in [-0.39, 0.29) is 17.4 Å². The van der Waals surface area contributed by atoms with Gasteiger partial charge >= 0.3 is 6.09 Å². The Labute approximate surface area is 205 Å². The van der Waals surface area contributed by atoms with Crippen LogP contribution in [0.1, 0.15) is 43.7 Å². The second-order valence-corrected chi connectivity index (χ2v) is 9.79. The van der Waals surface area contributed by atoms with Crippen molar-refractivity contribution in [3.63, 3.8) is 0 Å². The first-order valence-corrected chi connectivity index (χ1v) is 12.4. The number of alkyl halides is 1. The van der Waals surface area contributed by atoms with E-state index in [1.165, 1.54) is 0 Å². The highest BCUT2D eigenvalue weighted by Gasteiger charge is 2.37. The number of fused-ring (bicyclic) bond motifs is 1. The molecule has 0 unspecified atom stereocenters. The zero-order chi connectivity index (χ0) is 24.0. The second kappa shape index (κ2) is 11.0. The molecule has 0 radical (unpaired) electrons. The van der Waals surface area contributed by atoms with Crippen LogP contribution in [-0.2, 0) is 22.4 Å². The van der Waals surface area contributed by atoms with Gasteiger partial charge in [0.25, 0.3) is 0 Å². The Kier molecular flexibility index (Phi) is 7.78. The van der Waals surface area contributed by atoms with Crippen LogP contribution in [0, 0.1) is 0 Å². The maximum atomic E-state index is 13.4. The van der Waals surface area contributed by atoms with Crippen LogP contribution in [0.5, 0.6) is 0 Å². The number of amides is 2. The molecule has 7 heteroatoms. The van der Waals surface area contributed by atoms with Crippen LogP contribution >= 0.6 is 11.6 Å². The number of halogens is 1. The van der Waals surface area contributed by atoms with E-state index in [1.54, 1.807) is 6.92 Å². The quantitative estimate of drug-likeness (QED) is 0.391. The summed E-state index contributed by atoms with van der Waals surface area (Å²) in [6, 6.07) is 17.9. The summed E-state index contributed by atoms with van der Waals surface area (Å²) in [6.07, 6.45) is 5.55. The summed E-state index contributed by atoms with van der Waals surface area (Å²) in [5.74, 6) is -0.253. The van der Waals surface area contributed by atoms with Crippen molar-refractivity contribution in [2.24, 2.45) is 0 Å². The lowest BCUT2D eigenvalue weighted by molar-refractivity contribution is -0.127. The number of ether oxygens (including phenoxy) is 1. The molecule has 4 rings (SSSR count). The highest BCUT2D eigenvalue weighted by molar-refractivity contribution is 6.21. The summed E-state index contributed by atoms with van der Waals surface area (Å²) in [4.78, 5) is 29.5. The molecule has 180 valence electrons. The Hall–Kier alpha value is -2.99. The smallest absolute Gasteiger partial charge is 0.408 e. The third kappa shape index (κ3) is 5.92. The molecule has 1 saturated carbocycles. The fraction of sp³-hybridized carbons (Fsp3) is 0.407. The Morgan fingerprint density at radius 2 is 1.82 bits per heavy atom. The average Bonchev–Trinajstić information content (AvgIpc) is 3.23. The van der Waals surface area contributed by atoms with E-state index in [1.807, 2.05) is 60.8 Å². The summed E-state index contributed by atoms with van der Waals surface area (Å²) in [5.41, 5.74) is 1.87. The SMILES string of the molecule is C[C@](Cc1c[nH]c2ccccc12)(NC(=O)O[C@H]1CCCC[C@@H]1Cl)C(=O)NCCc1ccccc1. The third-order valence-electron chi connectivity index (χ3n) is 6.52. The van der Waals surface area contributed by atoms with Gasteiger partial charge in [0.2, 0.25) is 5.91 Å². The van der Waals surface area contributed by atoms with E-state index >= 15 is 0 Å². The highest BCUT2D eigenvalue weighted by atomic mass is 35.5. The molecule has 1 aromatic heterocycles. The van der Waals surface area contributed by atoms with Gasteiger partial charge in [0.1, 0.15) is 11.6 Å². The summed E-state index contributed by atoms with van der Waals surface area (Å²) >= 11 is 6.38. The number of aromatic nitrogens is 1. The van der Waals surface area contributed by atoms with Crippen LogP contribution in [0.25, 0.3) is 10.9 Å². The van der Waals surface area contributed by atoms with Gasteiger partial charge in [-0.2, -0.15) is 0 Å². The van der Waals surface area contributed by atoms with E-state index in [0.717, 1.165) is 47.7 Å². The van der Waals surface area contributed by atoms with Gasteiger partial charge in [-0.05, 0) is 49.8 Å². The Morgan fingerprint density at radius 3 is 2.62 bits per heavy atom. The minimum Gasteiger partial charge on any atom is -0.445 e. The van der Waals surface area contributed by atoms with Crippen LogP contribution in [0.15, 0.2) is 60.8 Å². The van der Waals surface area contributed by atoms with Crippen LogP contribution < -0.4 is 10.6 Å². The van der Waals surface area contributed by atoms with Crippen LogP contribution in [0.2, 0.25) is 0 Å². The van der Waals surface area contributed by atoms with Crippen molar-refractivity contribution in [1.82, 2.24) is 15.6 Å². The predicted molar refractivity (Wildman–Crippen MR) is 135 cm³/mol.